The number of nitrogens with zero attached hydrogens (tertiary/aromatic N) is 2. The van der Waals surface area contributed by atoms with Gasteiger partial charge in [-0.2, -0.15) is 0 Å². The number of aromatic nitrogens is 2. The Labute approximate surface area is 101 Å². The molecule has 1 heterocycles. The van der Waals surface area contributed by atoms with Crippen molar-refractivity contribution in [3.8, 4) is 5.88 Å². The zero-order chi connectivity index (χ0) is 13.1. The molecule has 0 saturated heterocycles. The Balaban J connectivity index is 3.05. The zero-order valence-electron chi connectivity index (χ0n) is 9.70. The summed E-state index contributed by atoms with van der Waals surface area (Å²) in [5.41, 5.74) is 0.488. The van der Waals surface area contributed by atoms with E-state index in [-0.39, 0.29) is 0 Å². The predicted molar refractivity (Wildman–Crippen MR) is 64.1 cm³/mol. The van der Waals surface area contributed by atoms with Gasteiger partial charge in [0.1, 0.15) is 0 Å². The minimum Gasteiger partial charge on any atom is -0.480 e. The molecule has 2 atom stereocenters. The Hall–Kier alpha value is -1.47. The molecule has 0 bridgehead atoms. The summed E-state index contributed by atoms with van der Waals surface area (Å²) in [6.45, 7) is 5.10. The van der Waals surface area contributed by atoms with Crippen LogP contribution in [0.4, 0.5) is 0 Å². The Morgan fingerprint density at radius 1 is 1.47 bits per heavy atom. The fourth-order valence-electron chi connectivity index (χ4n) is 1.36. The molecule has 1 rings (SSSR count). The van der Waals surface area contributed by atoms with Crippen molar-refractivity contribution in [3.63, 3.8) is 0 Å². The highest BCUT2D eigenvalue weighted by Gasteiger charge is 2.26. The van der Waals surface area contributed by atoms with Gasteiger partial charge < -0.3 is 4.74 Å². The highest BCUT2D eigenvalue weighted by molar-refractivity contribution is 7.89. The SMILES string of the molecule is C=C[C@@H](c1cnc(OC)cn1)[C@H](C)S(N)(=O)=O. The third-order valence-electron chi connectivity index (χ3n) is 2.48. The molecule has 0 amide bonds. The molecule has 0 fully saturated rings. The number of ether oxygens (including phenoxy) is 1. The first-order chi connectivity index (χ1) is 7.90. The molecule has 0 aliphatic heterocycles. The molecule has 0 spiro atoms. The summed E-state index contributed by atoms with van der Waals surface area (Å²) in [5.74, 6) is -0.136. The number of allylic oxidation sites excluding steroid dienone is 1. The largest absolute Gasteiger partial charge is 0.480 e. The lowest BCUT2D eigenvalue weighted by Gasteiger charge is -2.17. The quantitative estimate of drug-likeness (QED) is 0.772. The predicted octanol–water partition coefficient (Wildman–Crippen LogP) is 0.432. The molecule has 94 valence electrons. The van der Waals surface area contributed by atoms with E-state index in [1.165, 1.54) is 32.5 Å². The molecule has 0 aliphatic carbocycles. The molecule has 2 N–H and O–H groups in total. The minimum absolute atomic E-state index is 0.361. The van der Waals surface area contributed by atoms with E-state index in [0.717, 1.165) is 0 Å². The van der Waals surface area contributed by atoms with Gasteiger partial charge in [-0.3, -0.25) is 4.98 Å². The van der Waals surface area contributed by atoms with Crippen LogP contribution in [0.2, 0.25) is 0 Å². The first-order valence-electron chi connectivity index (χ1n) is 4.90. The average Bonchev–Trinajstić information content (AvgIpc) is 2.29. The third-order valence-corrected chi connectivity index (χ3v) is 3.81. The Kier molecular flexibility index (Phi) is 4.19. The smallest absolute Gasteiger partial charge is 0.231 e. The maximum absolute atomic E-state index is 11.3. The number of primary sulfonamides is 1. The summed E-state index contributed by atoms with van der Waals surface area (Å²) in [6.07, 6.45) is 4.36. The van der Waals surface area contributed by atoms with Crippen molar-refractivity contribution in [1.82, 2.24) is 9.97 Å². The Morgan fingerprint density at radius 2 is 2.12 bits per heavy atom. The second kappa shape index (κ2) is 5.24. The number of hydrogen-bond donors (Lipinski definition) is 1. The number of rotatable bonds is 5. The van der Waals surface area contributed by atoms with Crippen molar-refractivity contribution >= 4 is 10.0 Å². The van der Waals surface area contributed by atoms with Crippen molar-refractivity contribution in [3.05, 3.63) is 30.7 Å². The molecule has 1 aromatic heterocycles. The van der Waals surface area contributed by atoms with Crippen molar-refractivity contribution in [2.45, 2.75) is 18.1 Å². The maximum atomic E-state index is 11.3. The molecule has 0 aromatic carbocycles. The van der Waals surface area contributed by atoms with Crippen LogP contribution >= 0.6 is 0 Å². The van der Waals surface area contributed by atoms with Gasteiger partial charge in [0.15, 0.2) is 0 Å². The van der Waals surface area contributed by atoms with Gasteiger partial charge in [-0.15, -0.1) is 6.58 Å². The highest BCUT2D eigenvalue weighted by Crippen LogP contribution is 2.22. The van der Waals surface area contributed by atoms with Crippen molar-refractivity contribution < 1.29 is 13.2 Å². The summed E-state index contributed by atoms with van der Waals surface area (Å²) in [4.78, 5) is 8.04. The molecule has 6 nitrogen and oxygen atoms in total. The van der Waals surface area contributed by atoms with Crippen LogP contribution in [0.5, 0.6) is 5.88 Å². The number of methoxy groups -OCH3 is 1. The Bertz CT molecular complexity index is 484. The van der Waals surface area contributed by atoms with Gasteiger partial charge in [-0.25, -0.2) is 18.5 Å². The van der Waals surface area contributed by atoms with Crippen LogP contribution in [0.1, 0.15) is 18.5 Å². The summed E-state index contributed by atoms with van der Waals surface area (Å²) >= 11 is 0. The van der Waals surface area contributed by atoms with Gasteiger partial charge in [-0.05, 0) is 6.92 Å². The second-order valence-electron chi connectivity index (χ2n) is 3.54. The van der Waals surface area contributed by atoms with Crippen LogP contribution in [0.3, 0.4) is 0 Å². The van der Waals surface area contributed by atoms with E-state index in [0.29, 0.717) is 11.6 Å². The molecular formula is C10H15N3O3S. The molecule has 0 radical (unpaired) electrons. The van der Waals surface area contributed by atoms with E-state index >= 15 is 0 Å². The van der Waals surface area contributed by atoms with Gasteiger partial charge in [0.05, 0.1) is 30.4 Å². The second-order valence-corrected chi connectivity index (χ2v) is 5.46. The number of sulfonamides is 1. The zero-order valence-corrected chi connectivity index (χ0v) is 10.5. The average molecular weight is 257 g/mol. The standard InChI is InChI=1S/C10H15N3O3S/c1-4-8(7(2)17(11,14)15)9-5-13-10(16-3)6-12-9/h4-8H,1H2,2-3H3,(H2,11,14,15)/t7-,8+/m0/s1. The molecule has 1 aromatic rings. The van der Waals surface area contributed by atoms with Crippen LogP contribution in [0, 0.1) is 0 Å². The molecule has 0 saturated carbocycles. The Morgan fingerprint density at radius 3 is 2.47 bits per heavy atom. The van der Waals surface area contributed by atoms with Crippen LogP contribution in [0.25, 0.3) is 0 Å². The normalized spacial score (nSPS) is 15.0. The van der Waals surface area contributed by atoms with Crippen molar-refractivity contribution in [2.75, 3.05) is 7.11 Å². The van der Waals surface area contributed by atoms with Crippen LogP contribution in [0.15, 0.2) is 25.0 Å². The number of nitrogens with two attached hydrogens (primary N) is 1. The number of hydrogen-bond acceptors (Lipinski definition) is 5. The molecule has 0 unspecified atom stereocenters. The van der Waals surface area contributed by atoms with Crippen LogP contribution in [-0.4, -0.2) is 30.7 Å². The lowest BCUT2D eigenvalue weighted by Crippen LogP contribution is -2.31. The van der Waals surface area contributed by atoms with E-state index in [2.05, 4.69) is 16.5 Å². The fraction of sp³-hybridized carbons (Fsp3) is 0.400. The van der Waals surface area contributed by atoms with Gasteiger partial charge in [0.2, 0.25) is 15.9 Å². The van der Waals surface area contributed by atoms with E-state index < -0.39 is 21.2 Å². The monoisotopic (exact) mass is 257 g/mol. The van der Waals surface area contributed by atoms with Gasteiger partial charge in [-0.1, -0.05) is 6.08 Å². The first-order valence-corrected chi connectivity index (χ1v) is 6.51. The summed E-state index contributed by atoms with van der Waals surface area (Å²) in [7, 11) is -2.17. The molecule has 0 aliphatic rings. The first kappa shape index (κ1) is 13.6. The molecular weight excluding hydrogens is 242 g/mol. The van der Waals surface area contributed by atoms with Gasteiger partial charge >= 0.3 is 0 Å². The lowest BCUT2D eigenvalue weighted by atomic mass is 10.0. The van der Waals surface area contributed by atoms with Crippen LogP contribution < -0.4 is 9.88 Å². The van der Waals surface area contributed by atoms with Crippen LogP contribution in [-0.2, 0) is 10.0 Å². The summed E-state index contributed by atoms with van der Waals surface area (Å²) in [5, 5.41) is 4.30. The van der Waals surface area contributed by atoms with E-state index in [1.54, 1.807) is 0 Å². The van der Waals surface area contributed by atoms with E-state index in [4.69, 9.17) is 9.88 Å². The molecule has 17 heavy (non-hydrogen) atoms. The lowest BCUT2D eigenvalue weighted by molar-refractivity contribution is 0.395. The molecule has 7 heteroatoms. The summed E-state index contributed by atoms with van der Waals surface area (Å²) < 4.78 is 27.4. The fourth-order valence-corrected chi connectivity index (χ4v) is 2.02. The highest BCUT2D eigenvalue weighted by atomic mass is 32.2. The minimum atomic E-state index is -3.65. The third kappa shape index (κ3) is 3.24. The van der Waals surface area contributed by atoms with Gasteiger partial charge in [0, 0.05) is 5.92 Å². The topological polar surface area (TPSA) is 95.2 Å². The van der Waals surface area contributed by atoms with E-state index in [9.17, 15) is 8.42 Å². The summed E-state index contributed by atoms with van der Waals surface area (Å²) in [6, 6.07) is 0. The maximum Gasteiger partial charge on any atom is 0.231 e. The van der Waals surface area contributed by atoms with Gasteiger partial charge in [0.25, 0.3) is 0 Å². The van der Waals surface area contributed by atoms with Crippen molar-refractivity contribution in [2.24, 2.45) is 5.14 Å². The van der Waals surface area contributed by atoms with Crippen molar-refractivity contribution in [1.29, 1.82) is 0 Å². The van der Waals surface area contributed by atoms with E-state index in [1.807, 2.05) is 0 Å².